The van der Waals surface area contributed by atoms with E-state index < -0.39 is 10.0 Å². The van der Waals surface area contributed by atoms with Crippen LogP contribution in [0.2, 0.25) is 0 Å². The molecule has 0 bridgehead atoms. The standard InChI is InChI=1S/C14H21NO3S/c1-11-13(10-16)5-2-6-14(11)19(17,18)15-9-3-4-12-7-8-12/h2,5-6,12,15-16H,3-4,7-10H2,1H3. The molecular weight excluding hydrogens is 262 g/mol. The van der Waals surface area contributed by atoms with Crippen LogP contribution in [0.1, 0.15) is 36.8 Å². The van der Waals surface area contributed by atoms with Gasteiger partial charge in [-0.3, -0.25) is 0 Å². The van der Waals surface area contributed by atoms with Crippen LogP contribution in [0.3, 0.4) is 0 Å². The van der Waals surface area contributed by atoms with Gasteiger partial charge in [0.05, 0.1) is 11.5 Å². The molecule has 0 atom stereocenters. The largest absolute Gasteiger partial charge is 0.392 e. The van der Waals surface area contributed by atoms with Crippen LogP contribution in [0, 0.1) is 12.8 Å². The van der Waals surface area contributed by atoms with Crippen LogP contribution in [0.15, 0.2) is 23.1 Å². The van der Waals surface area contributed by atoms with Crippen LogP contribution in [0.4, 0.5) is 0 Å². The predicted octanol–water partition coefficient (Wildman–Crippen LogP) is 1.96. The van der Waals surface area contributed by atoms with Crippen LogP contribution < -0.4 is 4.72 Å². The number of aliphatic hydroxyl groups is 1. The van der Waals surface area contributed by atoms with Gasteiger partial charge in [-0.25, -0.2) is 13.1 Å². The molecule has 0 heterocycles. The van der Waals surface area contributed by atoms with Gasteiger partial charge in [-0.1, -0.05) is 25.0 Å². The molecule has 1 aromatic carbocycles. The van der Waals surface area contributed by atoms with E-state index in [1.807, 2.05) is 0 Å². The zero-order valence-corrected chi connectivity index (χ0v) is 12.0. The van der Waals surface area contributed by atoms with Crippen molar-refractivity contribution in [2.24, 2.45) is 5.92 Å². The molecule has 1 aliphatic rings. The molecule has 5 heteroatoms. The quantitative estimate of drug-likeness (QED) is 0.752. The monoisotopic (exact) mass is 283 g/mol. The molecule has 0 saturated heterocycles. The average molecular weight is 283 g/mol. The van der Waals surface area contributed by atoms with E-state index in [1.54, 1.807) is 25.1 Å². The Hall–Kier alpha value is -0.910. The van der Waals surface area contributed by atoms with Gasteiger partial charge in [0.2, 0.25) is 10.0 Å². The van der Waals surface area contributed by atoms with Crippen LogP contribution in [0.5, 0.6) is 0 Å². The zero-order valence-electron chi connectivity index (χ0n) is 11.2. The maximum absolute atomic E-state index is 12.2. The molecule has 2 rings (SSSR count). The number of aliphatic hydroxyl groups excluding tert-OH is 1. The molecule has 4 nitrogen and oxygen atoms in total. The van der Waals surface area contributed by atoms with Gasteiger partial charge in [-0.2, -0.15) is 0 Å². The summed E-state index contributed by atoms with van der Waals surface area (Å²) in [4.78, 5) is 0.269. The van der Waals surface area contributed by atoms with Crippen molar-refractivity contribution in [1.29, 1.82) is 0 Å². The smallest absolute Gasteiger partial charge is 0.240 e. The van der Waals surface area contributed by atoms with Crippen LogP contribution >= 0.6 is 0 Å². The van der Waals surface area contributed by atoms with Crippen molar-refractivity contribution in [1.82, 2.24) is 4.72 Å². The van der Waals surface area contributed by atoms with Crippen molar-refractivity contribution in [3.63, 3.8) is 0 Å². The first-order valence-corrected chi connectivity index (χ1v) is 8.22. The Bertz CT molecular complexity index is 536. The molecule has 1 aromatic rings. The maximum Gasteiger partial charge on any atom is 0.240 e. The van der Waals surface area contributed by atoms with E-state index in [2.05, 4.69) is 4.72 Å². The van der Waals surface area contributed by atoms with Gasteiger partial charge in [-0.05, 0) is 42.9 Å². The molecule has 0 spiro atoms. The second-order valence-electron chi connectivity index (χ2n) is 5.18. The Morgan fingerprint density at radius 2 is 2.11 bits per heavy atom. The maximum atomic E-state index is 12.2. The van der Waals surface area contributed by atoms with E-state index in [9.17, 15) is 13.5 Å². The number of hydrogen-bond acceptors (Lipinski definition) is 3. The van der Waals surface area contributed by atoms with Gasteiger partial charge in [-0.15, -0.1) is 0 Å². The van der Waals surface area contributed by atoms with Crippen molar-refractivity contribution < 1.29 is 13.5 Å². The lowest BCUT2D eigenvalue weighted by atomic mass is 10.1. The van der Waals surface area contributed by atoms with Crippen LogP contribution in [-0.2, 0) is 16.6 Å². The fraction of sp³-hybridized carbons (Fsp3) is 0.571. The molecule has 1 fully saturated rings. The molecule has 19 heavy (non-hydrogen) atoms. The molecule has 1 saturated carbocycles. The first-order valence-electron chi connectivity index (χ1n) is 6.73. The minimum absolute atomic E-state index is 0.142. The van der Waals surface area contributed by atoms with Gasteiger partial charge in [0.1, 0.15) is 0 Å². The van der Waals surface area contributed by atoms with Crippen molar-refractivity contribution >= 4 is 10.0 Å². The summed E-state index contributed by atoms with van der Waals surface area (Å²) in [5, 5.41) is 9.18. The lowest BCUT2D eigenvalue weighted by Gasteiger charge is -2.11. The summed E-state index contributed by atoms with van der Waals surface area (Å²) in [6.45, 7) is 2.07. The highest BCUT2D eigenvalue weighted by Gasteiger charge is 2.21. The fourth-order valence-electron chi connectivity index (χ4n) is 2.20. The molecule has 1 aliphatic carbocycles. The first-order chi connectivity index (χ1) is 9.04. The summed E-state index contributed by atoms with van der Waals surface area (Å²) in [6, 6.07) is 4.98. The number of benzene rings is 1. The van der Waals surface area contributed by atoms with Crippen molar-refractivity contribution in [3.8, 4) is 0 Å². The second-order valence-corrected chi connectivity index (χ2v) is 6.92. The van der Waals surface area contributed by atoms with E-state index in [1.165, 1.54) is 12.8 Å². The summed E-state index contributed by atoms with van der Waals surface area (Å²) in [6.07, 6.45) is 4.59. The lowest BCUT2D eigenvalue weighted by molar-refractivity contribution is 0.280. The Kier molecular flexibility index (Phi) is 4.60. The summed E-state index contributed by atoms with van der Waals surface area (Å²) in [5.74, 6) is 0.823. The van der Waals surface area contributed by atoms with Gasteiger partial charge >= 0.3 is 0 Å². The molecule has 0 radical (unpaired) electrons. The van der Waals surface area contributed by atoms with E-state index in [-0.39, 0.29) is 11.5 Å². The molecule has 0 aromatic heterocycles. The molecule has 0 amide bonds. The Labute approximate surface area is 114 Å². The van der Waals surface area contributed by atoms with Gasteiger partial charge in [0.25, 0.3) is 0 Å². The predicted molar refractivity (Wildman–Crippen MR) is 74.2 cm³/mol. The van der Waals surface area contributed by atoms with E-state index in [0.29, 0.717) is 17.7 Å². The number of rotatable bonds is 7. The first kappa shape index (κ1) is 14.5. The summed E-state index contributed by atoms with van der Waals surface area (Å²) in [5.41, 5.74) is 1.28. The SMILES string of the molecule is Cc1c(CO)cccc1S(=O)(=O)NCCCC1CC1. The zero-order chi connectivity index (χ0) is 13.9. The highest BCUT2D eigenvalue weighted by molar-refractivity contribution is 7.89. The third-order valence-corrected chi connectivity index (χ3v) is 5.24. The summed E-state index contributed by atoms with van der Waals surface area (Å²) >= 11 is 0. The van der Waals surface area contributed by atoms with Crippen molar-refractivity contribution in [2.45, 2.75) is 44.1 Å². The number of hydrogen-bond donors (Lipinski definition) is 2. The number of nitrogens with one attached hydrogen (secondary N) is 1. The lowest BCUT2D eigenvalue weighted by Crippen LogP contribution is -2.25. The van der Waals surface area contributed by atoms with Gasteiger partial charge in [0, 0.05) is 6.54 Å². The summed E-state index contributed by atoms with van der Waals surface area (Å²) in [7, 11) is -3.46. The van der Waals surface area contributed by atoms with Crippen molar-refractivity contribution in [3.05, 3.63) is 29.3 Å². The Morgan fingerprint density at radius 1 is 1.37 bits per heavy atom. The highest BCUT2D eigenvalue weighted by Crippen LogP contribution is 2.33. The van der Waals surface area contributed by atoms with Crippen LogP contribution in [-0.4, -0.2) is 20.1 Å². The van der Waals surface area contributed by atoms with Gasteiger partial charge in [0.15, 0.2) is 0 Å². The Morgan fingerprint density at radius 3 is 2.74 bits per heavy atom. The molecular formula is C14H21NO3S. The van der Waals surface area contributed by atoms with E-state index in [4.69, 9.17) is 0 Å². The van der Waals surface area contributed by atoms with Crippen molar-refractivity contribution in [2.75, 3.05) is 6.54 Å². The highest BCUT2D eigenvalue weighted by atomic mass is 32.2. The topological polar surface area (TPSA) is 66.4 Å². The van der Waals surface area contributed by atoms with E-state index in [0.717, 1.165) is 18.8 Å². The molecule has 106 valence electrons. The van der Waals surface area contributed by atoms with Crippen LogP contribution in [0.25, 0.3) is 0 Å². The second kappa shape index (κ2) is 6.03. The molecule has 2 N–H and O–H groups in total. The molecule has 0 aliphatic heterocycles. The Balaban J connectivity index is 2.01. The fourth-order valence-corrected chi connectivity index (χ4v) is 3.56. The van der Waals surface area contributed by atoms with E-state index >= 15 is 0 Å². The summed E-state index contributed by atoms with van der Waals surface area (Å²) < 4.78 is 27.0. The normalized spacial score (nSPS) is 15.7. The minimum atomic E-state index is -3.46. The van der Waals surface area contributed by atoms with Gasteiger partial charge < -0.3 is 5.11 Å². The number of sulfonamides is 1. The minimum Gasteiger partial charge on any atom is -0.392 e. The average Bonchev–Trinajstić information content (AvgIpc) is 3.19. The third kappa shape index (κ3) is 3.78. The third-order valence-electron chi connectivity index (χ3n) is 3.63. The molecule has 0 unspecified atom stereocenters.